The molecule has 0 fully saturated rings. The highest BCUT2D eigenvalue weighted by Gasteiger charge is 2.16. The van der Waals surface area contributed by atoms with Gasteiger partial charge in [0, 0.05) is 24.3 Å². The fourth-order valence-electron chi connectivity index (χ4n) is 2.65. The van der Waals surface area contributed by atoms with Crippen LogP contribution in [-0.4, -0.2) is 36.9 Å². The predicted molar refractivity (Wildman–Crippen MR) is 105 cm³/mol. The van der Waals surface area contributed by atoms with Crippen molar-refractivity contribution in [1.82, 2.24) is 9.97 Å². The Morgan fingerprint density at radius 2 is 1.96 bits per heavy atom. The molecule has 0 saturated carbocycles. The van der Waals surface area contributed by atoms with Crippen LogP contribution in [0.3, 0.4) is 0 Å². The molecule has 0 unspecified atom stereocenters. The van der Waals surface area contributed by atoms with Gasteiger partial charge >= 0.3 is 0 Å². The molecule has 3 N–H and O–H groups in total. The predicted octanol–water partition coefficient (Wildman–Crippen LogP) is 2.31. The third kappa shape index (κ3) is 5.24. The van der Waals surface area contributed by atoms with Crippen molar-refractivity contribution in [3.05, 3.63) is 41.9 Å². The van der Waals surface area contributed by atoms with E-state index in [1.165, 1.54) is 24.5 Å². The summed E-state index contributed by atoms with van der Waals surface area (Å²) in [4.78, 5) is 23.0. The van der Waals surface area contributed by atoms with E-state index in [0.717, 1.165) is 13.0 Å². The van der Waals surface area contributed by atoms with Gasteiger partial charge in [-0.25, -0.2) is 23.5 Å². The zero-order valence-corrected chi connectivity index (χ0v) is 16.7. The van der Waals surface area contributed by atoms with E-state index in [1.54, 1.807) is 13.0 Å². The summed E-state index contributed by atoms with van der Waals surface area (Å²) in [5, 5.41) is 7.87. The largest absolute Gasteiger partial charge is 0.354 e. The lowest BCUT2D eigenvalue weighted by Crippen LogP contribution is -2.32. The van der Waals surface area contributed by atoms with Crippen molar-refractivity contribution in [2.75, 3.05) is 16.8 Å². The van der Waals surface area contributed by atoms with Crippen LogP contribution in [0.15, 0.2) is 35.5 Å². The molecule has 0 radical (unpaired) electrons. The van der Waals surface area contributed by atoms with E-state index in [0.29, 0.717) is 17.1 Å². The second-order valence-electron chi connectivity index (χ2n) is 6.52. The average Bonchev–Trinajstić information content (AvgIpc) is 2.60. The lowest BCUT2D eigenvalue weighted by atomic mass is 10.2. The molecule has 9 heteroatoms. The van der Waals surface area contributed by atoms with Gasteiger partial charge in [0.2, 0.25) is 10.0 Å². The van der Waals surface area contributed by atoms with Crippen LogP contribution in [0.4, 0.5) is 11.5 Å². The molecule has 0 aliphatic heterocycles. The van der Waals surface area contributed by atoms with E-state index in [2.05, 4.69) is 41.0 Å². The van der Waals surface area contributed by atoms with Gasteiger partial charge in [0.05, 0.1) is 4.90 Å². The number of nitrogens with two attached hydrogens (primary N) is 1. The molecule has 0 aliphatic carbocycles. The quantitative estimate of drug-likeness (QED) is 0.748. The van der Waals surface area contributed by atoms with Crippen molar-refractivity contribution >= 4 is 27.4 Å². The highest BCUT2D eigenvalue weighted by atomic mass is 32.2. The Kier molecular flexibility index (Phi) is 6.50. The van der Waals surface area contributed by atoms with Gasteiger partial charge in [-0.05, 0) is 51.0 Å². The number of carbonyl (C=O) groups is 1. The number of primary sulfonamides is 1. The Hall–Kier alpha value is -2.52. The highest BCUT2D eigenvalue weighted by molar-refractivity contribution is 7.89. The number of benzene rings is 1. The van der Waals surface area contributed by atoms with Gasteiger partial charge in [0.1, 0.15) is 17.8 Å². The molecular formula is C18H25N5O3S. The van der Waals surface area contributed by atoms with Crippen LogP contribution in [0.5, 0.6) is 0 Å². The first-order valence-corrected chi connectivity index (χ1v) is 10.2. The van der Waals surface area contributed by atoms with Gasteiger partial charge < -0.3 is 10.2 Å². The Bertz CT molecular complexity index is 928. The second-order valence-corrected chi connectivity index (χ2v) is 8.09. The first-order chi connectivity index (χ1) is 12.6. The molecule has 2 rings (SSSR count). The van der Waals surface area contributed by atoms with Gasteiger partial charge in [-0.1, -0.05) is 6.92 Å². The van der Waals surface area contributed by atoms with Crippen LogP contribution in [0, 0.1) is 6.92 Å². The van der Waals surface area contributed by atoms with E-state index in [1.807, 2.05) is 0 Å². The molecular weight excluding hydrogens is 366 g/mol. The summed E-state index contributed by atoms with van der Waals surface area (Å²) in [5.41, 5.74) is 1.30. The lowest BCUT2D eigenvalue weighted by molar-refractivity contribution is 0.102. The molecule has 0 atom stereocenters. The third-order valence-corrected chi connectivity index (χ3v) is 4.95. The van der Waals surface area contributed by atoms with Crippen LogP contribution in [0.25, 0.3) is 0 Å². The summed E-state index contributed by atoms with van der Waals surface area (Å²) >= 11 is 0. The van der Waals surface area contributed by atoms with E-state index in [9.17, 15) is 13.2 Å². The molecule has 0 saturated heterocycles. The standard InChI is InChI=1S/C18H25N5O3S/c1-5-8-23(12(2)3)17-10-16(20-11-21-17)18(24)22-15-7-6-14(9-13(15)4)27(19,25)26/h6-7,9-12H,5,8H2,1-4H3,(H,22,24)(H2,19,25,26). The minimum atomic E-state index is -3.79. The molecule has 1 heterocycles. The minimum absolute atomic E-state index is 0.00513. The number of nitrogens with zero attached hydrogens (tertiary/aromatic N) is 3. The number of amides is 1. The van der Waals surface area contributed by atoms with Crippen LogP contribution < -0.4 is 15.4 Å². The Labute approximate surface area is 159 Å². The maximum atomic E-state index is 12.6. The molecule has 1 aromatic heterocycles. The molecule has 27 heavy (non-hydrogen) atoms. The summed E-state index contributed by atoms with van der Waals surface area (Å²) in [7, 11) is -3.79. The van der Waals surface area contributed by atoms with Crippen molar-refractivity contribution in [1.29, 1.82) is 0 Å². The number of nitrogens with one attached hydrogen (secondary N) is 1. The van der Waals surface area contributed by atoms with Crippen molar-refractivity contribution in [2.45, 2.75) is 45.1 Å². The summed E-state index contributed by atoms with van der Waals surface area (Å²) in [6, 6.07) is 6.17. The maximum absolute atomic E-state index is 12.6. The third-order valence-electron chi connectivity index (χ3n) is 4.04. The number of rotatable bonds is 7. The number of carbonyl (C=O) groups excluding carboxylic acids is 1. The first kappa shape index (κ1) is 20.8. The van der Waals surface area contributed by atoms with Crippen molar-refractivity contribution in [3.63, 3.8) is 0 Å². The zero-order valence-electron chi connectivity index (χ0n) is 15.9. The summed E-state index contributed by atoms with van der Waals surface area (Å²) < 4.78 is 22.8. The van der Waals surface area contributed by atoms with E-state index in [4.69, 9.17) is 5.14 Å². The Morgan fingerprint density at radius 1 is 1.26 bits per heavy atom. The van der Waals surface area contributed by atoms with E-state index in [-0.39, 0.29) is 16.6 Å². The van der Waals surface area contributed by atoms with Gasteiger partial charge in [-0.3, -0.25) is 4.79 Å². The minimum Gasteiger partial charge on any atom is -0.354 e. The van der Waals surface area contributed by atoms with E-state index < -0.39 is 15.9 Å². The smallest absolute Gasteiger partial charge is 0.274 e. The van der Waals surface area contributed by atoms with Gasteiger partial charge in [0.15, 0.2) is 0 Å². The molecule has 146 valence electrons. The normalized spacial score (nSPS) is 11.5. The molecule has 0 bridgehead atoms. The molecule has 0 spiro atoms. The van der Waals surface area contributed by atoms with E-state index >= 15 is 0 Å². The number of sulfonamides is 1. The zero-order chi connectivity index (χ0) is 20.2. The van der Waals surface area contributed by atoms with Gasteiger partial charge in [-0.2, -0.15) is 0 Å². The number of aryl methyl sites for hydroxylation is 1. The summed E-state index contributed by atoms with van der Waals surface area (Å²) in [6.45, 7) is 8.72. The highest BCUT2D eigenvalue weighted by Crippen LogP contribution is 2.20. The second kappa shape index (κ2) is 8.45. The SMILES string of the molecule is CCCN(c1cc(C(=O)Nc2ccc(S(N)(=O)=O)cc2C)ncn1)C(C)C. The monoisotopic (exact) mass is 391 g/mol. The van der Waals surface area contributed by atoms with Crippen LogP contribution in [-0.2, 0) is 10.0 Å². The van der Waals surface area contributed by atoms with Crippen molar-refractivity contribution < 1.29 is 13.2 Å². The van der Waals surface area contributed by atoms with Crippen LogP contribution >= 0.6 is 0 Å². The fourth-order valence-corrected chi connectivity index (χ4v) is 3.24. The average molecular weight is 391 g/mol. The molecule has 1 amide bonds. The molecule has 8 nitrogen and oxygen atoms in total. The van der Waals surface area contributed by atoms with Crippen molar-refractivity contribution in [2.24, 2.45) is 5.14 Å². The van der Waals surface area contributed by atoms with Crippen LogP contribution in [0.1, 0.15) is 43.2 Å². The topological polar surface area (TPSA) is 118 Å². The maximum Gasteiger partial charge on any atom is 0.274 e. The van der Waals surface area contributed by atoms with Crippen LogP contribution in [0.2, 0.25) is 0 Å². The molecule has 2 aromatic rings. The summed E-state index contributed by atoms with van der Waals surface area (Å²) in [5.74, 6) is 0.290. The Morgan fingerprint density at radius 3 is 2.52 bits per heavy atom. The number of hydrogen-bond acceptors (Lipinski definition) is 6. The molecule has 1 aromatic carbocycles. The van der Waals surface area contributed by atoms with Crippen molar-refractivity contribution in [3.8, 4) is 0 Å². The Balaban J connectivity index is 2.25. The summed E-state index contributed by atoms with van der Waals surface area (Å²) in [6.07, 6.45) is 2.32. The first-order valence-electron chi connectivity index (χ1n) is 8.67. The van der Waals surface area contributed by atoms with Gasteiger partial charge in [0.25, 0.3) is 5.91 Å². The number of anilines is 2. The van der Waals surface area contributed by atoms with Gasteiger partial charge in [-0.15, -0.1) is 0 Å². The fraction of sp³-hybridized carbons (Fsp3) is 0.389. The number of hydrogen-bond donors (Lipinski definition) is 2. The number of aromatic nitrogens is 2. The lowest BCUT2D eigenvalue weighted by Gasteiger charge is -2.27. The molecule has 0 aliphatic rings.